The molecule has 2 N–H and O–H groups in total. The summed E-state index contributed by atoms with van der Waals surface area (Å²) in [5.74, 6) is -1.87. The number of phenolic OH excluding ortho intramolecular Hbond substituents is 1. The number of hydrogen-bond acceptors (Lipinski definition) is 4. The van der Waals surface area contributed by atoms with Gasteiger partial charge in [0.05, 0.1) is 11.4 Å². The van der Waals surface area contributed by atoms with Crippen LogP contribution in [-0.2, 0) is 9.59 Å². The van der Waals surface area contributed by atoms with Gasteiger partial charge in [-0.2, -0.15) is 0 Å². The summed E-state index contributed by atoms with van der Waals surface area (Å²) in [6, 6.07) is 11.2. The number of carbonyl (C=O) groups excluding carboxylic acids is 2. The molecule has 2 aromatic rings. The number of hydrogen-bond donors (Lipinski definition) is 2. The molecule has 6 nitrogen and oxygen atoms in total. The number of halogens is 1. The summed E-state index contributed by atoms with van der Waals surface area (Å²) in [5.41, 5.74) is 1.55. The van der Waals surface area contributed by atoms with Crippen LogP contribution in [0.3, 0.4) is 0 Å². The zero-order valence-corrected chi connectivity index (χ0v) is 14.4. The SMILES string of the molecule is Cc1ccc(O)c(NC(=O)C(=O)N2CCN(c3ccccc3F)CC2)c1. The van der Waals surface area contributed by atoms with E-state index in [2.05, 4.69) is 5.32 Å². The molecule has 7 heteroatoms. The lowest BCUT2D eigenvalue weighted by atomic mass is 10.2. The number of rotatable bonds is 2. The van der Waals surface area contributed by atoms with Crippen LogP contribution in [0.1, 0.15) is 5.56 Å². The molecule has 1 fully saturated rings. The maximum absolute atomic E-state index is 13.9. The smallest absolute Gasteiger partial charge is 0.314 e. The Morgan fingerprint density at radius 2 is 1.77 bits per heavy atom. The summed E-state index contributed by atoms with van der Waals surface area (Å²) in [6.07, 6.45) is 0. The van der Waals surface area contributed by atoms with Crippen LogP contribution in [0.15, 0.2) is 42.5 Å². The van der Waals surface area contributed by atoms with Gasteiger partial charge in [-0.15, -0.1) is 0 Å². The largest absolute Gasteiger partial charge is 0.506 e. The summed E-state index contributed by atoms with van der Waals surface area (Å²) in [5, 5.41) is 12.2. The van der Waals surface area contributed by atoms with Gasteiger partial charge in [0, 0.05) is 26.2 Å². The van der Waals surface area contributed by atoms with Crippen LogP contribution in [0.4, 0.5) is 15.8 Å². The first-order valence-electron chi connectivity index (χ1n) is 8.35. The number of para-hydroxylation sites is 1. The zero-order chi connectivity index (χ0) is 18.7. The lowest BCUT2D eigenvalue weighted by molar-refractivity contribution is -0.143. The molecule has 0 bridgehead atoms. The molecular weight excluding hydrogens is 337 g/mol. The van der Waals surface area contributed by atoms with Crippen molar-refractivity contribution in [2.75, 3.05) is 36.4 Å². The van der Waals surface area contributed by atoms with E-state index < -0.39 is 11.8 Å². The summed E-state index contributed by atoms with van der Waals surface area (Å²) in [6.45, 7) is 3.34. The molecule has 0 radical (unpaired) electrons. The third kappa shape index (κ3) is 3.77. The average Bonchev–Trinajstić information content (AvgIpc) is 2.64. The van der Waals surface area contributed by atoms with Gasteiger partial charge in [-0.3, -0.25) is 9.59 Å². The topological polar surface area (TPSA) is 72.9 Å². The number of aryl methyl sites for hydroxylation is 1. The van der Waals surface area contributed by atoms with Crippen LogP contribution in [0.5, 0.6) is 5.75 Å². The fraction of sp³-hybridized carbons (Fsp3) is 0.263. The van der Waals surface area contributed by atoms with Crippen molar-refractivity contribution in [3.63, 3.8) is 0 Å². The fourth-order valence-corrected chi connectivity index (χ4v) is 2.93. The molecule has 1 saturated heterocycles. The maximum atomic E-state index is 13.9. The Labute approximate surface area is 150 Å². The minimum Gasteiger partial charge on any atom is -0.506 e. The first kappa shape index (κ1) is 17.7. The molecule has 2 amide bonds. The molecule has 1 heterocycles. The molecular formula is C19H20FN3O3. The Bertz CT molecular complexity index is 833. The number of amides is 2. The summed E-state index contributed by atoms with van der Waals surface area (Å²) >= 11 is 0. The first-order chi connectivity index (χ1) is 12.5. The van der Waals surface area contributed by atoms with Gasteiger partial charge in [-0.05, 0) is 36.8 Å². The standard InChI is InChI=1S/C19H20FN3O3/c1-13-6-7-17(24)15(12-13)21-18(25)19(26)23-10-8-22(9-11-23)16-5-3-2-4-14(16)20/h2-7,12,24H,8-11H2,1H3,(H,21,25). The Hall–Kier alpha value is -3.09. The maximum Gasteiger partial charge on any atom is 0.314 e. The number of nitrogens with zero attached hydrogens (tertiary/aromatic N) is 2. The molecule has 136 valence electrons. The number of nitrogens with one attached hydrogen (secondary N) is 1. The van der Waals surface area contributed by atoms with Gasteiger partial charge in [-0.25, -0.2) is 4.39 Å². The van der Waals surface area contributed by atoms with Gasteiger partial charge < -0.3 is 20.2 Å². The zero-order valence-electron chi connectivity index (χ0n) is 14.4. The van der Waals surface area contributed by atoms with Gasteiger partial charge in [0.1, 0.15) is 11.6 Å². The van der Waals surface area contributed by atoms with Crippen molar-refractivity contribution in [3.05, 3.63) is 53.8 Å². The van der Waals surface area contributed by atoms with Crippen LogP contribution in [0.2, 0.25) is 0 Å². The van der Waals surface area contributed by atoms with Gasteiger partial charge in [0.2, 0.25) is 0 Å². The number of piperazine rings is 1. The van der Waals surface area contributed by atoms with Crippen molar-refractivity contribution >= 4 is 23.2 Å². The van der Waals surface area contributed by atoms with E-state index >= 15 is 0 Å². The highest BCUT2D eigenvalue weighted by molar-refractivity contribution is 6.39. The molecule has 2 aromatic carbocycles. The van der Waals surface area contributed by atoms with Crippen LogP contribution in [-0.4, -0.2) is 48.0 Å². The lowest BCUT2D eigenvalue weighted by Gasteiger charge is -2.35. The van der Waals surface area contributed by atoms with E-state index in [1.807, 2.05) is 11.8 Å². The van der Waals surface area contributed by atoms with Crippen molar-refractivity contribution in [2.45, 2.75) is 6.92 Å². The number of phenols is 1. The highest BCUT2D eigenvalue weighted by atomic mass is 19.1. The number of carbonyl (C=O) groups is 2. The highest BCUT2D eigenvalue weighted by Gasteiger charge is 2.27. The van der Waals surface area contributed by atoms with Gasteiger partial charge in [-0.1, -0.05) is 18.2 Å². The number of anilines is 2. The lowest BCUT2D eigenvalue weighted by Crippen LogP contribution is -2.51. The predicted octanol–water partition coefficient (Wildman–Crippen LogP) is 2.13. The second-order valence-corrected chi connectivity index (χ2v) is 6.21. The van der Waals surface area contributed by atoms with E-state index in [1.54, 1.807) is 30.3 Å². The molecule has 0 aliphatic carbocycles. The van der Waals surface area contributed by atoms with Crippen molar-refractivity contribution < 1.29 is 19.1 Å². The third-order valence-electron chi connectivity index (χ3n) is 4.35. The average molecular weight is 357 g/mol. The Morgan fingerprint density at radius 3 is 2.46 bits per heavy atom. The summed E-state index contributed by atoms with van der Waals surface area (Å²) in [4.78, 5) is 27.8. The second kappa shape index (κ2) is 7.43. The Morgan fingerprint density at radius 1 is 1.08 bits per heavy atom. The predicted molar refractivity (Wildman–Crippen MR) is 96.7 cm³/mol. The molecule has 0 unspecified atom stereocenters. The number of benzene rings is 2. The molecule has 0 aromatic heterocycles. The first-order valence-corrected chi connectivity index (χ1v) is 8.35. The van der Waals surface area contributed by atoms with Crippen molar-refractivity contribution in [2.24, 2.45) is 0 Å². The Kier molecular flexibility index (Phi) is 5.06. The van der Waals surface area contributed by atoms with Crippen molar-refractivity contribution in [3.8, 4) is 5.75 Å². The molecule has 0 saturated carbocycles. The Balaban J connectivity index is 1.60. The van der Waals surface area contributed by atoms with Gasteiger partial charge >= 0.3 is 11.8 Å². The quantitative estimate of drug-likeness (QED) is 0.638. The van der Waals surface area contributed by atoms with E-state index in [0.29, 0.717) is 31.9 Å². The van der Waals surface area contributed by atoms with Crippen molar-refractivity contribution in [1.29, 1.82) is 0 Å². The van der Waals surface area contributed by atoms with E-state index in [1.165, 1.54) is 17.0 Å². The van der Waals surface area contributed by atoms with Crippen LogP contribution >= 0.6 is 0 Å². The van der Waals surface area contributed by atoms with E-state index in [9.17, 15) is 19.1 Å². The van der Waals surface area contributed by atoms with E-state index in [4.69, 9.17) is 0 Å². The molecule has 1 aliphatic rings. The van der Waals surface area contributed by atoms with E-state index in [-0.39, 0.29) is 17.3 Å². The minimum absolute atomic E-state index is 0.0962. The summed E-state index contributed by atoms with van der Waals surface area (Å²) in [7, 11) is 0. The second-order valence-electron chi connectivity index (χ2n) is 6.21. The summed E-state index contributed by atoms with van der Waals surface area (Å²) < 4.78 is 13.9. The normalized spacial score (nSPS) is 14.2. The highest BCUT2D eigenvalue weighted by Crippen LogP contribution is 2.24. The van der Waals surface area contributed by atoms with Gasteiger partial charge in [0.15, 0.2) is 0 Å². The molecule has 26 heavy (non-hydrogen) atoms. The number of aromatic hydroxyl groups is 1. The van der Waals surface area contributed by atoms with E-state index in [0.717, 1.165) is 5.56 Å². The third-order valence-corrected chi connectivity index (χ3v) is 4.35. The molecule has 1 aliphatic heterocycles. The van der Waals surface area contributed by atoms with Crippen LogP contribution < -0.4 is 10.2 Å². The minimum atomic E-state index is -0.801. The molecule has 3 rings (SSSR count). The monoisotopic (exact) mass is 357 g/mol. The van der Waals surface area contributed by atoms with Crippen LogP contribution in [0.25, 0.3) is 0 Å². The fourth-order valence-electron chi connectivity index (χ4n) is 2.93. The molecule has 0 spiro atoms. The van der Waals surface area contributed by atoms with Crippen LogP contribution in [0, 0.1) is 12.7 Å². The van der Waals surface area contributed by atoms with Gasteiger partial charge in [0.25, 0.3) is 0 Å². The molecule has 0 atom stereocenters. The van der Waals surface area contributed by atoms with Crippen molar-refractivity contribution in [1.82, 2.24) is 4.90 Å².